The lowest BCUT2D eigenvalue weighted by Crippen LogP contribution is -2.34. The largest absolute Gasteiger partial charge is 0.394 e. The molecule has 1 aliphatic rings. The number of rotatable bonds is 6. The number of hydrogen-bond donors (Lipinski definition) is 2. The van der Waals surface area contributed by atoms with Gasteiger partial charge in [0.15, 0.2) is 0 Å². The minimum atomic E-state index is -0.0906. The number of nitrogens with zero attached hydrogens (tertiary/aromatic N) is 4. The Bertz CT molecular complexity index is 831. The highest BCUT2D eigenvalue weighted by molar-refractivity contribution is 5.95. The second-order valence-corrected chi connectivity index (χ2v) is 7.58. The lowest BCUT2D eigenvalue weighted by atomic mass is 10.1. The standard InChI is InChI=1S/C21H29N5O2/c1-14-8-15(2)21(16(3)9-14)24-20(28)11-25(4)18-10-19(23-13-22-18)26-7-5-6-17(26)12-27/h8-10,13,17,27H,5-7,11-12H2,1-4H3,(H,24,28). The van der Waals surface area contributed by atoms with Crippen LogP contribution in [-0.2, 0) is 4.79 Å². The summed E-state index contributed by atoms with van der Waals surface area (Å²) in [5.74, 6) is 1.38. The first-order chi connectivity index (χ1) is 13.4. The molecule has 1 saturated heterocycles. The Balaban J connectivity index is 1.69. The van der Waals surface area contributed by atoms with Gasteiger partial charge >= 0.3 is 0 Å². The van der Waals surface area contributed by atoms with Crippen LogP contribution in [0.4, 0.5) is 17.3 Å². The van der Waals surface area contributed by atoms with Gasteiger partial charge in [-0.2, -0.15) is 0 Å². The summed E-state index contributed by atoms with van der Waals surface area (Å²) >= 11 is 0. The molecule has 7 heteroatoms. The van der Waals surface area contributed by atoms with Crippen molar-refractivity contribution in [3.8, 4) is 0 Å². The molecule has 0 saturated carbocycles. The van der Waals surface area contributed by atoms with Crippen LogP contribution in [0.3, 0.4) is 0 Å². The third-order valence-electron chi connectivity index (χ3n) is 5.23. The maximum absolute atomic E-state index is 12.6. The molecule has 2 N–H and O–H groups in total. The number of carbonyl (C=O) groups is 1. The maximum Gasteiger partial charge on any atom is 0.243 e. The van der Waals surface area contributed by atoms with Crippen molar-refractivity contribution in [3.05, 3.63) is 41.2 Å². The number of nitrogens with one attached hydrogen (secondary N) is 1. The van der Waals surface area contributed by atoms with Crippen LogP contribution < -0.4 is 15.1 Å². The highest BCUT2D eigenvalue weighted by atomic mass is 16.3. The molecule has 2 aromatic rings. The van der Waals surface area contributed by atoms with E-state index in [1.165, 1.54) is 11.9 Å². The zero-order valence-electron chi connectivity index (χ0n) is 17.1. The second kappa shape index (κ2) is 8.56. The summed E-state index contributed by atoms with van der Waals surface area (Å²) < 4.78 is 0. The molecule has 1 aromatic carbocycles. The van der Waals surface area contributed by atoms with Crippen molar-refractivity contribution in [1.29, 1.82) is 0 Å². The van der Waals surface area contributed by atoms with Crippen LogP contribution in [0.25, 0.3) is 0 Å². The topological polar surface area (TPSA) is 81.6 Å². The van der Waals surface area contributed by atoms with Crippen LogP contribution >= 0.6 is 0 Å². The molecule has 150 valence electrons. The lowest BCUT2D eigenvalue weighted by molar-refractivity contribution is -0.114. The average molecular weight is 383 g/mol. The highest BCUT2D eigenvalue weighted by Gasteiger charge is 2.25. The van der Waals surface area contributed by atoms with E-state index in [0.29, 0.717) is 5.82 Å². The second-order valence-electron chi connectivity index (χ2n) is 7.58. The van der Waals surface area contributed by atoms with Crippen LogP contribution in [0.15, 0.2) is 24.5 Å². The van der Waals surface area contributed by atoms with Crippen LogP contribution in [0.5, 0.6) is 0 Å². The van der Waals surface area contributed by atoms with E-state index in [1.54, 1.807) is 0 Å². The monoisotopic (exact) mass is 383 g/mol. The molecule has 1 atom stereocenters. The van der Waals surface area contributed by atoms with Crippen LogP contribution in [0.2, 0.25) is 0 Å². The fourth-order valence-corrected chi connectivity index (χ4v) is 3.88. The van der Waals surface area contributed by atoms with E-state index in [2.05, 4.69) is 32.3 Å². The van der Waals surface area contributed by atoms with E-state index >= 15 is 0 Å². The van der Waals surface area contributed by atoms with Gasteiger partial charge in [-0.15, -0.1) is 0 Å². The zero-order chi connectivity index (χ0) is 20.3. The minimum absolute atomic E-state index is 0.0906. The number of aliphatic hydroxyl groups excluding tert-OH is 1. The van der Waals surface area contributed by atoms with E-state index < -0.39 is 0 Å². The van der Waals surface area contributed by atoms with Gasteiger partial charge in [0.1, 0.15) is 18.0 Å². The smallest absolute Gasteiger partial charge is 0.243 e. The number of benzene rings is 1. The van der Waals surface area contributed by atoms with Gasteiger partial charge in [-0.05, 0) is 44.7 Å². The number of amides is 1. The molecule has 28 heavy (non-hydrogen) atoms. The predicted molar refractivity (Wildman–Crippen MR) is 112 cm³/mol. The van der Waals surface area contributed by atoms with Crippen molar-refractivity contribution in [2.75, 3.05) is 41.9 Å². The molecule has 7 nitrogen and oxygen atoms in total. The summed E-state index contributed by atoms with van der Waals surface area (Å²) in [5, 5.41) is 12.6. The summed E-state index contributed by atoms with van der Waals surface area (Å²) in [4.78, 5) is 25.2. The molecule has 1 unspecified atom stereocenters. The van der Waals surface area contributed by atoms with Crippen molar-refractivity contribution >= 4 is 23.2 Å². The molecule has 1 aliphatic heterocycles. The third-order valence-corrected chi connectivity index (χ3v) is 5.23. The van der Waals surface area contributed by atoms with Crippen molar-refractivity contribution in [1.82, 2.24) is 9.97 Å². The van der Waals surface area contributed by atoms with Crippen LogP contribution in [0, 0.1) is 20.8 Å². The van der Waals surface area contributed by atoms with Gasteiger partial charge in [0, 0.05) is 25.3 Å². The number of aliphatic hydroxyl groups is 1. The summed E-state index contributed by atoms with van der Waals surface area (Å²) in [6.45, 7) is 7.23. The normalized spacial score (nSPS) is 16.3. The Morgan fingerprint density at radius 2 is 1.96 bits per heavy atom. The molecular formula is C21H29N5O2. The van der Waals surface area contributed by atoms with E-state index in [0.717, 1.165) is 42.0 Å². The first-order valence-electron chi connectivity index (χ1n) is 9.67. The lowest BCUT2D eigenvalue weighted by Gasteiger charge is -2.25. The summed E-state index contributed by atoms with van der Waals surface area (Å²) in [6, 6.07) is 6.11. The Morgan fingerprint density at radius 3 is 2.64 bits per heavy atom. The van der Waals surface area contributed by atoms with Gasteiger partial charge in [-0.3, -0.25) is 4.79 Å². The van der Waals surface area contributed by atoms with Crippen LogP contribution in [0.1, 0.15) is 29.5 Å². The van der Waals surface area contributed by atoms with E-state index in [4.69, 9.17) is 0 Å². The molecular weight excluding hydrogens is 354 g/mol. The van der Waals surface area contributed by atoms with E-state index in [1.807, 2.05) is 38.8 Å². The van der Waals surface area contributed by atoms with Gasteiger partial charge < -0.3 is 20.2 Å². The van der Waals surface area contributed by atoms with Crippen molar-refractivity contribution < 1.29 is 9.90 Å². The Labute approximate surface area is 166 Å². The van der Waals surface area contributed by atoms with E-state index in [9.17, 15) is 9.90 Å². The van der Waals surface area contributed by atoms with Crippen molar-refractivity contribution in [3.63, 3.8) is 0 Å². The summed E-state index contributed by atoms with van der Waals surface area (Å²) in [6.07, 6.45) is 3.52. The average Bonchev–Trinajstić information content (AvgIpc) is 3.13. The van der Waals surface area contributed by atoms with Gasteiger partial charge in [0.05, 0.1) is 19.2 Å². The number of hydrogen-bond acceptors (Lipinski definition) is 6. The molecule has 1 fully saturated rings. The highest BCUT2D eigenvalue weighted by Crippen LogP contribution is 2.26. The Morgan fingerprint density at radius 1 is 1.25 bits per heavy atom. The van der Waals surface area contributed by atoms with Crippen molar-refractivity contribution in [2.24, 2.45) is 0 Å². The summed E-state index contributed by atoms with van der Waals surface area (Å²) in [7, 11) is 1.84. The Kier molecular flexibility index (Phi) is 6.14. The van der Waals surface area contributed by atoms with E-state index in [-0.39, 0.29) is 25.1 Å². The summed E-state index contributed by atoms with van der Waals surface area (Å²) in [5.41, 5.74) is 4.17. The molecule has 0 bridgehead atoms. The molecule has 0 radical (unpaired) electrons. The fraction of sp³-hybridized carbons (Fsp3) is 0.476. The van der Waals surface area contributed by atoms with Crippen molar-refractivity contribution in [2.45, 2.75) is 39.7 Å². The van der Waals surface area contributed by atoms with Crippen LogP contribution in [-0.4, -0.2) is 53.8 Å². The first kappa shape index (κ1) is 20.1. The molecule has 2 heterocycles. The fourth-order valence-electron chi connectivity index (χ4n) is 3.88. The quantitative estimate of drug-likeness (QED) is 0.797. The number of likely N-dealkylation sites (N-methyl/N-ethyl adjacent to an activating group) is 1. The van der Waals surface area contributed by atoms with Gasteiger partial charge in [-0.25, -0.2) is 9.97 Å². The third kappa shape index (κ3) is 4.42. The molecule has 1 aromatic heterocycles. The van der Waals surface area contributed by atoms with Gasteiger partial charge in [0.25, 0.3) is 0 Å². The Hall–Kier alpha value is -2.67. The number of anilines is 3. The predicted octanol–water partition coefficient (Wildman–Crippen LogP) is 2.44. The van der Waals surface area contributed by atoms with Gasteiger partial charge in [-0.1, -0.05) is 17.7 Å². The molecule has 1 amide bonds. The van der Waals surface area contributed by atoms with Gasteiger partial charge in [0.2, 0.25) is 5.91 Å². The molecule has 0 aliphatic carbocycles. The number of aryl methyl sites for hydroxylation is 3. The molecule has 3 rings (SSSR count). The minimum Gasteiger partial charge on any atom is -0.394 e. The number of aromatic nitrogens is 2. The SMILES string of the molecule is Cc1cc(C)c(NC(=O)CN(C)c2cc(N3CCCC3CO)ncn2)c(C)c1. The molecule has 0 spiro atoms. The number of carbonyl (C=O) groups excluding carboxylic acids is 1. The maximum atomic E-state index is 12.6. The zero-order valence-corrected chi connectivity index (χ0v) is 17.1. The first-order valence-corrected chi connectivity index (χ1v) is 9.67.